The normalized spacial score (nSPS) is 13.9. The Morgan fingerprint density at radius 3 is 2.81 bits per heavy atom. The van der Waals surface area contributed by atoms with Crippen molar-refractivity contribution in [3.05, 3.63) is 62.6 Å². The van der Waals surface area contributed by atoms with Gasteiger partial charge in [0.05, 0.1) is 37.4 Å². The number of halogens is 1. The highest BCUT2D eigenvalue weighted by molar-refractivity contribution is 9.10. The molecule has 0 bridgehead atoms. The highest BCUT2D eigenvalue weighted by atomic mass is 79.9. The maximum absolute atomic E-state index is 13.4. The zero-order chi connectivity index (χ0) is 25.5. The number of benzene rings is 2. The van der Waals surface area contributed by atoms with Gasteiger partial charge in [-0.1, -0.05) is 35.3 Å². The SMILES string of the molecule is CCCCc1nc2ccc(Br)cc2c(=O)n1N=Cc1cccc(OC)c1OCC(=O)N1CCOCC1. The topological polar surface area (TPSA) is 95.2 Å². The molecule has 1 fully saturated rings. The molecule has 0 saturated carbocycles. The maximum atomic E-state index is 13.4. The molecule has 0 atom stereocenters. The molecule has 190 valence electrons. The summed E-state index contributed by atoms with van der Waals surface area (Å²) in [7, 11) is 1.53. The molecule has 0 aliphatic carbocycles. The number of amides is 1. The van der Waals surface area contributed by atoms with Crippen LogP contribution in [0.3, 0.4) is 0 Å². The van der Waals surface area contributed by atoms with Gasteiger partial charge in [0.15, 0.2) is 18.1 Å². The molecule has 4 rings (SSSR count). The molecule has 1 aromatic heterocycles. The second kappa shape index (κ2) is 12.1. The standard InChI is InChI=1S/C26H29BrN4O5/c1-3-4-8-23-29-21-10-9-19(27)15-20(21)26(33)31(23)28-16-18-6-5-7-22(34-2)25(18)36-17-24(32)30-11-13-35-14-12-30/h5-7,9-10,15-16H,3-4,8,11-14,17H2,1-2H3. The van der Waals surface area contributed by atoms with E-state index in [1.54, 1.807) is 35.4 Å². The Kier molecular flexibility index (Phi) is 8.71. The molecule has 1 saturated heterocycles. The van der Waals surface area contributed by atoms with Gasteiger partial charge in [-0.2, -0.15) is 9.78 Å². The number of carbonyl (C=O) groups excluding carboxylic acids is 1. The summed E-state index contributed by atoms with van der Waals surface area (Å²) in [6.07, 6.45) is 3.99. The number of carbonyl (C=O) groups is 1. The van der Waals surface area contributed by atoms with E-state index in [0.29, 0.717) is 66.5 Å². The minimum atomic E-state index is -0.253. The lowest BCUT2D eigenvalue weighted by Crippen LogP contribution is -2.43. The number of fused-ring (bicyclic) bond motifs is 1. The average Bonchev–Trinajstić information content (AvgIpc) is 2.91. The number of para-hydroxylation sites is 1. The molecule has 0 spiro atoms. The van der Waals surface area contributed by atoms with Crippen LogP contribution in [0.5, 0.6) is 11.5 Å². The van der Waals surface area contributed by atoms with Gasteiger partial charge in [-0.05, 0) is 36.8 Å². The monoisotopic (exact) mass is 556 g/mol. The Balaban J connectivity index is 1.67. The van der Waals surface area contributed by atoms with Gasteiger partial charge in [0.1, 0.15) is 5.82 Å². The number of aryl methyl sites for hydroxylation is 1. The van der Waals surface area contributed by atoms with E-state index in [0.717, 1.165) is 17.3 Å². The maximum Gasteiger partial charge on any atom is 0.282 e. The molecule has 9 nitrogen and oxygen atoms in total. The van der Waals surface area contributed by atoms with E-state index in [2.05, 4.69) is 28.0 Å². The number of rotatable bonds is 9. The fraction of sp³-hybridized carbons (Fsp3) is 0.385. The van der Waals surface area contributed by atoms with E-state index >= 15 is 0 Å². The molecule has 3 aromatic rings. The van der Waals surface area contributed by atoms with Crippen LogP contribution in [-0.2, 0) is 16.0 Å². The summed E-state index contributed by atoms with van der Waals surface area (Å²) in [5.41, 5.74) is 0.955. The zero-order valence-corrected chi connectivity index (χ0v) is 22.0. The van der Waals surface area contributed by atoms with Crippen LogP contribution in [0.4, 0.5) is 0 Å². The first-order valence-corrected chi connectivity index (χ1v) is 12.7. The lowest BCUT2D eigenvalue weighted by molar-refractivity contribution is -0.137. The minimum Gasteiger partial charge on any atom is -0.493 e. The Morgan fingerprint density at radius 1 is 1.25 bits per heavy atom. The van der Waals surface area contributed by atoms with E-state index in [1.165, 1.54) is 11.8 Å². The first-order valence-electron chi connectivity index (χ1n) is 11.9. The van der Waals surface area contributed by atoms with E-state index in [4.69, 9.17) is 19.2 Å². The lowest BCUT2D eigenvalue weighted by Gasteiger charge is -2.27. The largest absolute Gasteiger partial charge is 0.493 e. The van der Waals surface area contributed by atoms with Crippen LogP contribution in [0, 0.1) is 0 Å². The molecular weight excluding hydrogens is 528 g/mol. The van der Waals surface area contributed by atoms with E-state index in [1.807, 2.05) is 12.1 Å². The second-order valence-corrected chi connectivity index (χ2v) is 9.23. The summed E-state index contributed by atoms with van der Waals surface area (Å²) >= 11 is 3.43. The number of hydrogen-bond acceptors (Lipinski definition) is 7. The van der Waals surface area contributed by atoms with Crippen molar-refractivity contribution in [1.82, 2.24) is 14.6 Å². The smallest absolute Gasteiger partial charge is 0.282 e. The summed E-state index contributed by atoms with van der Waals surface area (Å²) in [5.74, 6) is 1.30. The summed E-state index contributed by atoms with van der Waals surface area (Å²) < 4.78 is 18.8. The van der Waals surface area contributed by atoms with Gasteiger partial charge in [-0.3, -0.25) is 9.59 Å². The van der Waals surface area contributed by atoms with Crippen LogP contribution in [0.25, 0.3) is 10.9 Å². The van der Waals surface area contributed by atoms with Crippen LogP contribution in [0.15, 0.2) is 50.8 Å². The van der Waals surface area contributed by atoms with Gasteiger partial charge in [0.2, 0.25) is 0 Å². The molecule has 1 aliphatic rings. The van der Waals surface area contributed by atoms with Crippen LogP contribution in [0.1, 0.15) is 31.2 Å². The third-order valence-corrected chi connectivity index (χ3v) is 6.37. The van der Waals surface area contributed by atoms with Gasteiger partial charge in [0.25, 0.3) is 11.5 Å². The van der Waals surface area contributed by atoms with Gasteiger partial charge in [-0.15, -0.1) is 0 Å². The number of methoxy groups -OCH3 is 1. The number of unbranched alkanes of at least 4 members (excludes halogenated alkanes) is 1. The molecule has 36 heavy (non-hydrogen) atoms. The molecule has 2 heterocycles. The van der Waals surface area contributed by atoms with Gasteiger partial charge < -0.3 is 19.1 Å². The van der Waals surface area contributed by atoms with E-state index < -0.39 is 0 Å². The minimum absolute atomic E-state index is 0.130. The molecular formula is C26H29BrN4O5. The quantitative estimate of drug-likeness (QED) is 0.373. The first kappa shape index (κ1) is 25.8. The first-order chi connectivity index (χ1) is 17.5. The second-order valence-electron chi connectivity index (χ2n) is 8.32. The molecule has 1 amide bonds. The van der Waals surface area contributed by atoms with E-state index in [-0.39, 0.29) is 18.1 Å². The summed E-state index contributed by atoms with van der Waals surface area (Å²) in [6.45, 7) is 4.05. The van der Waals surface area contributed by atoms with Crippen molar-refractivity contribution < 1.29 is 19.0 Å². The molecule has 0 radical (unpaired) electrons. The summed E-state index contributed by atoms with van der Waals surface area (Å²) in [4.78, 5) is 32.4. The highest BCUT2D eigenvalue weighted by Crippen LogP contribution is 2.30. The van der Waals surface area contributed by atoms with Gasteiger partial charge in [0, 0.05) is 29.5 Å². The van der Waals surface area contributed by atoms with Crippen molar-refractivity contribution >= 4 is 39.0 Å². The van der Waals surface area contributed by atoms with Crippen molar-refractivity contribution in [3.8, 4) is 11.5 Å². The zero-order valence-electron chi connectivity index (χ0n) is 20.4. The van der Waals surface area contributed by atoms with Crippen molar-refractivity contribution in [3.63, 3.8) is 0 Å². The Bertz CT molecular complexity index is 1320. The molecule has 0 N–H and O–H groups in total. The third-order valence-electron chi connectivity index (χ3n) is 5.87. The predicted octanol–water partition coefficient (Wildman–Crippen LogP) is 3.63. The van der Waals surface area contributed by atoms with Crippen LogP contribution in [0.2, 0.25) is 0 Å². The summed E-state index contributed by atoms with van der Waals surface area (Å²) in [6, 6.07) is 10.8. The van der Waals surface area contributed by atoms with Gasteiger partial charge >= 0.3 is 0 Å². The fourth-order valence-electron chi connectivity index (χ4n) is 3.92. The molecule has 1 aliphatic heterocycles. The van der Waals surface area contributed by atoms with Crippen molar-refractivity contribution in [1.29, 1.82) is 0 Å². The number of morpholine rings is 1. The number of nitrogens with zero attached hydrogens (tertiary/aromatic N) is 4. The average molecular weight is 557 g/mol. The van der Waals surface area contributed by atoms with Crippen molar-refractivity contribution in [2.24, 2.45) is 5.10 Å². The van der Waals surface area contributed by atoms with Crippen LogP contribution < -0.4 is 15.0 Å². The fourth-order valence-corrected chi connectivity index (χ4v) is 4.28. The van der Waals surface area contributed by atoms with Crippen molar-refractivity contribution in [2.45, 2.75) is 26.2 Å². The Hall–Kier alpha value is -3.24. The number of aromatic nitrogens is 2. The van der Waals surface area contributed by atoms with Crippen molar-refractivity contribution in [2.75, 3.05) is 40.0 Å². The van der Waals surface area contributed by atoms with Crippen LogP contribution >= 0.6 is 15.9 Å². The molecule has 2 aromatic carbocycles. The third kappa shape index (κ3) is 5.93. The number of ether oxygens (including phenoxy) is 3. The van der Waals surface area contributed by atoms with Gasteiger partial charge in [-0.25, -0.2) is 4.98 Å². The lowest BCUT2D eigenvalue weighted by atomic mass is 10.2. The highest BCUT2D eigenvalue weighted by Gasteiger charge is 2.19. The number of hydrogen-bond donors (Lipinski definition) is 0. The Labute approximate surface area is 217 Å². The molecule has 0 unspecified atom stereocenters. The van der Waals surface area contributed by atoms with Crippen LogP contribution in [-0.4, -0.2) is 66.7 Å². The molecule has 10 heteroatoms. The summed E-state index contributed by atoms with van der Waals surface area (Å²) in [5, 5.41) is 4.99. The van der Waals surface area contributed by atoms with E-state index in [9.17, 15) is 9.59 Å². The predicted molar refractivity (Wildman–Crippen MR) is 141 cm³/mol. The Morgan fingerprint density at radius 2 is 2.06 bits per heavy atom.